The van der Waals surface area contributed by atoms with E-state index in [0.29, 0.717) is 17.6 Å². The van der Waals surface area contributed by atoms with E-state index < -0.39 is 25.1 Å². The zero-order valence-electron chi connectivity index (χ0n) is 9.98. The molecule has 0 bridgehead atoms. The van der Waals surface area contributed by atoms with Crippen molar-refractivity contribution >= 4 is 11.2 Å². The molecule has 3 rings (SSSR count). The lowest BCUT2D eigenvalue weighted by atomic mass is 10.2. The molecular formula is C11H13FN4O3. The van der Waals surface area contributed by atoms with Gasteiger partial charge in [0.05, 0.1) is 19.0 Å². The van der Waals surface area contributed by atoms with E-state index in [1.165, 1.54) is 12.7 Å². The van der Waals surface area contributed by atoms with Crippen molar-refractivity contribution in [3.05, 3.63) is 18.3 Å². The van der Waals surface area contributed by atoms with Gasteiger partial charge < -0.3 is 14.9 Å². The molecule has 0 saturated carbocycles. The number of hydrogen-bond acceptors (Lipinski definition) is 6. The van der Waals surface area contributed by atoms with E-state index in [9.17, 15) is 9.50 Å². The Morgan fingerprint density at radius 3 is 2.95 bits per heavy atom. The van der Waals surface area contributed by atoms with Gasteiger partial charge in [-0.2, -0.15) is 0 Å². The molecule has 19 heavy (non-hydrogen) atoms. The lowest BCUT2D eigenvalue weighted by Crippen LogP contribution is -2.24. The van der Waals surface area contributed by atoms with Crippen LogP contribution in [0.15, 0.2) is 12.7 Å². The largest absolute Gasteiger partial charge is 0.394 e. The summed E-state index contributed by atoms with van der Waals surface area (Å²) in [7, 11) is 0. The molecule has 2 N–H and O–H groups in total. The summed E-state index contributed by atoms with van der Waals surface area (Å²) in [5.74, 6) is 0. The van der Waals surface area contributed by atoms with Gasteiger partial charge in [-0.05, 0) is 0 Å². The third-order valence-electron chi connectivity index (χ3n) is 3.26. The third-order valence-corrected chi connectivity index (χ3v) is 3.26. The van der Waals surface area contributed by atoms with Gasteiger partial charge in [-0.25, -0.2) is 19.3 Å². The van der Waals surface area contributed by atoms with Crippen LogP contribution in [0.5, 0.6) is 0 Å². The second-order valence-corrected chi connectivity index (χ2v) is 4.39. The molecule has 3 heterocycles. The second kappa shape index (κ2) is 4.80. The Labute approximate surface area is 107 Å². The molecule has 0 radical (unpaired) electrons. The van der Waals surface area contributed by atoms with Crippen molar-refractivity contribution in [1.29, 1.82) is 0 Å². The molecule has 2 aromatic rings. The fourth-order valence-electron chi connectivity index (χ4n) is 2.26. The Kier molecular flexibility index (Phi) is 3.13. The highest BCUT2D eigenvalue weighted by Gasteiger charge is 2.35. The topological polar surface area (TPSA) is 93.3 Å². The Hall–Kier alpha value is -1.64. The van der Waals surface area contributed by atoms with Gasteiger partial charge in [0.2, 0.25) is 0 Å². The van der Waals surface area contributed by atoms with Crippen molar-refractivity contribution < 1.29 is 19.3 Å². The summed E-state index contributed by atoms with van der Waals surface area (Å²) in [6.07, 6.45) is 1.24. The molecule has 1 saturated heterocycles. The van der Waals surface area contributed by atoms with E-state index in [-0.39, 0.29) is 12.3 Å². The molecule has 0 unspecified atom stereocenters. The van der Waals surface area contributed by atoms with Gasteiger partial charge in [0.25, 0.3) is 0 Å². The minimum atomic E-state index is -0.741. The molecule has 0 spiro atoms. The maximum Gasteiger partial charge on any atom is 0.165 e. The van der Waals surface area contributed by atoms with Crippen molar-refractivity contribution in [2.45, 2.75) is 31.5 Å². The van der Waals surface area contributed by atoms with Gasteiger partial charge in [-0.1, -0.05) is 0 Å². The summed E-state index contributed by atoms with van der Waals surface area (Å²) in [6, 6.07) is 0. The molecule has 0 aliphatic carbocycles. The molecule has 7 nitrogen and oxygen atoms in total. The fourth-order valence-corrected chi connectivity index (χ4v) is 2.26. The van der Waals surface area contributed by atoms with Crippen LogP contribution in [0, 0.1) is 0 Å². The van der Waals surface area contributed by atoms with Gasteiger partial charge in [-0.15, -0.1) is 0 Å². The quantitative estimate of drug-likeness (QED) is 0.809. The smallest absolute Gasteiger partial charge is 0.165 e. The van der Waals surface area contributed by atoms with Crippen LogP contribution in [-0.2, 0) is 11.4 Å². The molecule has 0 amide bonds. The number of ether oxygens (including phenoxy) is 1. The lowest BCUT2D eigenvalue weighted by molar-refractivity contribution is -0.0432. The highest BCUT2D eigenvalue weighted by Crippen LogP contribution is 2.30. The summed E-state index contributed by atoms with van der Waals surface area (Å²) in [5.41, 5.74) is 1.06. The number of alkyl halides is 1. The zero-order valence-corrected chi connectivity index (χ0v) is 9.98. The number of rotatable bonds is 3. The lowest BCUT2D eigenvalue weighted by Gasteiger charge is -2.13. The SMILES string of the molecule is OC[C@H]1O[C@@H](n2cnc3c(CF)ncnc32)C[C@@H]1O. The number of aromatic nitrogens is 4. The summed E-state index contributed by atoms with van der Waals surface area (Å²) in [4.78, 5) is 12.0. The zero-order chi connectivity index (χ0) is 13.4. The predicted octanol–water partition coefficient (Wildman–Crippen LogP) is -0.0635. The monoisotopic (exact) mass is 268 g/mol. The van der Waals surface area contributed by atoms with Crippen LogP contribution in [0.2, 0.25) is 0 Å². The fraction of sp³-hybridized carbons (Fsp3) is 0.545. The first kappa shape index (κ1) is 12.4. The molecule has 3 atom stereocenters. The molecule has 1 aliphatic heterocycles. The van der Waals surface area contributed by atoms with Crippen molar-refractivity contribution in [2.24, 2.45) is 0 Å². The minimum Gasteiger partial charge on any atom is -0.394 e. The number of nitrogens with zero attached hydrogens (tertiary/aromatic N) is 4. The molecule has 8 heteroatoms. The van der Waals surface area contributed by atoms with Gasteiger partial charge in [0.1, 0.15) is 36.5 Å². The van der Waals surface area contributed by atoms with Crippen LogP contribution < -0.4 is 0 Å². The number of aliphatic hydroxyl groups excluding tert-OH is 2. The van der Waals surface area contributed by atoms with E-state index in [1.54, 1.807) is 4.57 Å². The van der Waals surface area contributed by atoms with Crippen LogP contribution >= 0.6 is 0 Å². The highest BCUT2D eigenvalue weighted by molar-refractivity contribution is 5.73. The first-order chi connectivity index (χ1) is 9.24. The van der Waals surface area contributed by atoms with Crippen molar-refractivity contribution in [3.8, 4) is 0 Å². The molecule has 1 fully saturated rings. The Morgan fingerprint density at radius 1 is 1.42 bits per heavy atom. The first-order valence-electron chi connectivity index (χ1n) is 5.91. The van der Waals surface area contributed by atoms with Crippen LogP contribution in [0.3, 0.4) is 0 Å². The Morgan fingerprint density at radius 2 is 2.26 bits per heavy atom. The predicted molar refractivity (Wildman–Crippen MR) is 61.8 cm³/mol. The van der Waals surface area contributed by atoms with Crippen LogP contribution in [0.1, 0.15) is 18.3 Å². The second-order valence-electron chi connectivity index (χ2n) is 4.39. The molecule has 102 valence electrons. The number of halogens is 1. The minimum absolute atomic E-state index is 0.223. The Bertz CT molecular complexity index is 590. The van der Waals surface area contributed by atoms with Gasteiger partial charge in [0, 0.05) is 6.42 Å². The molecule has 0 aromatic carbocycles. The summed E-state index contributed by atoms with van der Waals surface area (Å²) in [6.45, 7) is -0.974. The number of imidazole rings is 1. The number of fused-ring (bicyclic) bond motifs is 1. The average Bonchev–Trinajstić information content (AvgIpc) is 3.01. The van der Waals surface area contributed by atoms with Crippen LogP contribution in [0.4, 0.5) is 4.39 Å². The summed E-state index contributed by atoms with van der Waals surface area (Å²) in [5, 5.41) is 18.8. The average molecular weight is 268 g/mol. The number of aliphatic hydroxyl groups is 2. The molecule has 2 aromatic heterocycles. The molecule has 1 aliphatic rings. The van der Waals surface area contributed by atoms with E-state index in [0.717, 1.165) is 0 Å². The van der Waals surface area contributed by atoms with Gasteiger partial charge >= 0.3 is 0 Å². The maximum atomic E-state index is 12.8. The summed E-state index contributed by atoms with van der Waals surface area (Å²) >= 11 is 0. The normalized spacial score (nSPS) is 27.2. The van der Waals surface area contributed by atoms with Crippen molar-refractivity contribution in [2.75, 3.05) is 6.61 Å². The van der Waals surface area contributed by atoms with Crippen molar-refractivity contribution in [1.82, 2.24) is 19.5 Å². The summed E-state index contributed by atoms with van der Waals surface area (Å²) < 4.78 is 19.9. The molecular weight excluding hydrogens is 255 g/mol. The van der Waals surface area contributed by atoms with Crippen LogP contribution in [0.25, 0.3) is 11.2 Å². The van der Waals surface area contributed by atoms with E-state index in [2.05, 4.69) is 15.0 Å². The first-order valence-corrected chi connectivity index (χ1v) is 5.91. The van der Waals surface area contributed by atoms with Crippen molar-refractivity contribution in [3.63, 3.8) is 0 Å². The van der Waals surface area contributed by atoms with Gasteiger partial charge in [0.15, 0.2) is 5.65 Å². The third kappa shape index (κ3) is 1.97. The Balaban J connectivity index is 1.98. The maximum absolute atomic E-state index is 12.8. The van der Waals surface area contributed by atoms with E-state index in [1.807, 2.05) is 0 Å². The van der Waals surface area contributed by atoms with E-state index in [4.69, 9.17) is 9.84 Å². The van der Waals surface area contributed by atoms with E-state index >= 15 is 0 Å². The van der Waals surface area contributed by atoms with Crippen LogP contribution in [-0.4, -0.2) is 48.5 Å². The number of hydrogen-bond donors (Lipinski definition) is 2. The standard InChI is InChI=1S/C11H13FN4O3/c12-2-6-10-11(14-4-13-6)16(5-15-10)9-1-7(18)8(3-17)19-9/h4-5,7-9,17-18H,1-3H2/t7-,8+,9+/m0/s1. The highest BCUT2D eigenvalue weighted by atomic mass is 19.1. The van der Waals surface area contributed by atoms with Gasteiger partial charge in [-0.3, -0.25) is 4.57 Å².